The zero-order valence-corrected chi connectivity index (χ0v) is 19.9. The largest absolute Gasteiger partial charge is 0.468 e. The first kappa shape index (κ1) is 24.0. The van der Waals surface area contributed by atoms with E-state index in [9.17, 15) is 19.2 Å². The lowest BCUT2D eigenvalue weighted by Gasteiger charge is -2.28. The summed E-state index contributed by atoms with van der Waals surface area (Å²) in [7, 11) is 0. The van der Waals surface area contributed by atoms with Crippen LogP contribution in [0.4, 0.5) is 10.1 Å². The fourth-order valence-electron chi connectivity index (χ4n) is 3.76. The predicted molar refractivity (Wildman–Crippen MR) is 133 cm³/mol. The molecule has 0 spiro atoms. The maximum absolute atomic E-state index is 13.3. The predicted octanol–water partition coefficient (Wildman–Crippen LogP) is 5.68. The molecule has 176 valence electrons. The third-order valence-electron chi connectivity index (χ3n) is 5.54. The van der Waals surface area contributed by atoms with Gasteiger partial charge < -0.3 is 15.1 Å². The third-order valence-corrected chi connectivity index (χ3v) is 6.56. The molecule has 6 nitrogen and oxygen atoms in total. The van der Waals surface area contributed by atoms with Gasteiger partial charge in [0.25, 0.3) is 5.91 Å². The molecule has 35 heavy (non-hydrogen) atoms. The average molecular weight is 488 g/mol. The quantitative estimate of drug-likeness (QED) is 0.417. The molecule has 0 aliphatic carbocycles. The Balaban J connectivity index is 1.62. The Kier molecular flexibility index (Phi) is 7.18. The molecule has 1 aliphatic rings. The highest BCUT2D eigenvalue weighted by Crippen LogP contribution is 2.41. The molecule has 0 bridgehead atoms. The minimum atomic E-state index is -0.770. The van der Waals surface area contributed by atoms with Crippen molar-refractivity contribution in [2.75, 3.05) is 11.1 Å². The summed E-state index contributed by atoms with van der Waals surface area (Å²) in [6.07, 6.45) is 1.48. The van der Waals surface area contributed by atoms with Crippen molar-refractivity contribution in [1.82, 2.24) is 5.32 Å². The van der Waals surface area contributed by atoms with Gasteiger partial charge in [-0.15, -0.1) is 0 Å². The van der Waals surface area contributed by atoms with Gasteiger partial charge in [0.15, 0.2) is 5.78 Å². The van der Waals surface area contributed by atoms with E-state index in [4.69, 9.17) is 4.42 Å². The molecule has 2 heterocycles. The number of rotatable bonds is 7. The molecular weight excluding hydrogens is 465 g/mol. The number of allylic oxidation sites excluding steroid dienone is 2. The molecular formula is C27H22FN3O3S. The molecule has 0 saturated heterocycles. The number of anilines is 1. The van der Waals surface area contributed by atoms with Crippen molar-refractivity contribution in [2.24, 2.45) is 0 Å². The van der Waals surface area contributed by atoms with Crippen molar-refractivity contribution in [1.29, 1.82) is 5.26 Å². The molecule has 0 saturated carbocycles. The lowest BCUT2D eigenvalue weighted by Crippen LogP contribution is -2.30. The number of benzene rings is 2. The van der Waals surface area contributed by atoms with Gasteiger partial charge in [-0.25, -0.2) is 4.39 Å². The van der Waals surface area contributed by atoms with Gasteiger partial charge in [-0.2, -0.15) is 5.26 Å². The standard InChI is InChI=1S/C27H22FN3O3S/c1-16-5-7-18(8-6-16)22(32)15-35-27-21(14-29)25(23-4-3-13-34-23)24(17(2)30-27)26(33)31-20-11-9-19(28)10-12-20/h3-13,25,30H,15H2,1-2H3,(H,31,33). The SMILES string of the molecule is CC1=C(C(=O)Nc2ccc(F)cc2)C(c2ccco2)C(C#N)=C(SCC(=O)c2ccc(C)cc2)N1. The van der Waals surface area contributed by atoms with Crippen LogP contribution >= 0.6 is 11.8 Å². The van der Waals surface area contributed by atoms with Gasteiger partial charge >= 0.3 is 0 Å². The summed E-state index contributed by atoms with van der Waals surface area (Å²) < 4.78 is 18.9. The van der Waals surface area contributed by atoms with Crippen LogP contribution in [0.2, 0.25) is 0 Å². The lowest BCUT2D eigenvalue weighted by atomic mass is 9.85. The van der Waals surface area contributed by atoms with Gasteiger partial charge in [-0.05, 0) is 50.2 Å². The Labute approximate surface area is 206 Å². The van der Waals surface area contributed by atoms with E-state index < -0.39 is 17.6 Å². The number of hydrogen-bond acceptors (Lipinski definition) is 6. The number of nitriles is 1. The van der Waals surface area contributed by atoms with E-state index in [1.54, 1.807) is 31.2 Å². The summed E-state index contributed by atoms with van der Waals surface area (Å²) in [4.78, 5) is 26.0. The summed E-state index contributed by atoms with van der Waals surface area (Å²) in [6, 6.07) is 18.3. The van der Waals surface area contributed by atoms with Gasteiger partial charge in [-0.3, -0.25) is 9.59 Å². The number of ketones is 1. The monoisotopic (exact) mass is 487 g/mol. The van der Waals surface area contributed by atoms with Gasteiger partial charge in [0.05, 0.1) is 40.2 Å². The van der Waals surface area contributed by atoms with Crippen LogP contribution in [-0.2, 0) is 4.79 Å². The molecule has 1 amide bonds. The van der Waals surface area contributed by atoms with Crippen LogP contribution < -0.4 is 10.6 Å². The van der Waals surface area contributed by atoms with E-state index in [1.807, 2.05) is 19.1 Å². The van der Waals surface area contributed by atoms with Crippen molar-refractivity contribution >= 4 is 29.1 Å². The molecule has 4 rings (SSSR count). The van der Waals surface area contributed by atoms with Crippen molar-refractivity contribution < 1.29 is 18.4 Å². The second kappa shape index (κ2) is 10.5. The zero-order chi connectivity index (χ0) is 24.9. The number of nitrogens with zero attached hydrogens (tertiary/aromatic N) is 1. The maximum atomic E-state index is 13.3. The number of dihydropyridines is 1. The number of halogens is 1. The van der Waals surface area contributed by atoms with Crippen molar-refractivity contribution in [2.45, 2.75) is 19.8 Å². The second-order valence-electron chi connectivity index (χ2n) is 8.01. The minimum Gasteiger partial charge on any atom is -0.468 e. The lowest BCUT2D eigenvalue weighted by molar-refractivity contribution is -0.113. The fourth-order valence-corrected chi connectivity index (χ4v) is 4.75. The van der Waals surface area contributed by atoms with Crippen molar-refractivity contribution in [3.8, 4) is 6.07 Å². The number of amides is 1. The summed E-state index contributed by atoms with van der Waals surface area (Å²) in [5, 5.41) is 16.5. The van der Waals surface area contributed by atoms with Gasteiger partial charge in [0, 0.05) is 16.9 Å². The van der Waals surface area contributed by atoms with E-state index in [1.165, 1.54) is 42.3 Å². The Morgan fingerprint density at radius 3 is 2.46 bits per heavy atom. The van der Waals surface area contributed by atoms with Gasteiger partial charge in [-0.1, -0.05) is 41.6 Å². The van der Waals surface area contributed by atoms with Gasteiger partial charge in [0.1, 0.15) is 11.6 Å². The number of thioether (sulfide) groups is 1. The molecule has 0 fully saturated rings. The Morgan fingerprint density at radius 1 is 1.11 bits per heavy atom. The molecule has 1 unspecified atom stereocenters. The number of nitrogens with one attached hydrogen (secondary N) is 2. The molecule has 3 aromatic rings. The number of carbonyl (C=O) groups excluding carboxylic acids is 2. The van der Waals surface area contributed by atoms with Crippen LogP contribution in [0.15, 0.2) is 93.2 Å². The van der Waals surface area contributed by atoms with Crippen LogP contribution in [0, 0.1) is 24.1 Å². The second-order valence-corrected chi connectivity index (χ2v) is 8.99. The number of carbonyl (C=O) groups is 2. The Hall–Kier alpha value is -4.09. The topological polar surface area (TPSA) is 95.1 Å². The molecule has 8 heteroatoms. The molecule has 1 aliphatic heterocycles. The molecule has 0 radical (unpaired) electrons. The summed E-state index contributed by atoms with van der Waals surface area (Å²) in [5.74, 6) is -1.16. The highest BCUT2D eigenvalue weighted by Gasteiger charge is 2.36. The number of Topliss-reactive ketones (excluding diaryl/α,β-unsaturated/α-hetero) is 1. The first-order valence-corrected chi connectivity index (χ1v) is 11.8. The summed E-state index contributed by atoms with van der Waals surface area (Å²) >= 11 is 1.21. The molecule has 2 N–H and O–H groups in total. The smallest absolute Gasteiger partial charge is 0.254 e. The summed E-state index contributed by atoms with van der Waals surface area (Å²) in [6.45, 7) is 3.68. The average Bonchev–Trinajstić information content (AvgIpc) is 3.38. The van der Waals surface area contributed by atoms with Gasteiger partial charge in [0.2, 0.25) is 0 Å². The van der Waals surface area contributed by atoms with Crippen LogP contribution in [0.25, 0.3) is 0 Å². The van der Waals surface area contributed by atoms with Crippen LogP contribution in [0.1, 0.15) is 34.5 Å². The van der Waals surface area contributed by atoms with Crippen LogP contribution in [-0.4, -0.2) is 17.4 Å². The third kappa shape index (κ3) is 5.36. The Bertz CT molecular complexity index is 1350. The van der Waals surface area contributed by atoms with Crippen LogP contribution in [0.3, 0.4) is 0 Å². The first-order valence-electron chi connectivity index (χ1n) is 10.8. The van der Waals surface area contributed by atoms with Crippen molar-refractivity contribution in [3.63, 3.8) is 0 Å². The number of furan rings is 1. The zero-order valence-electron chi connectivity index (χ0n) is 19.1. The highest BCUT2D eigenvalue weighted by molar-refractivity contribution is 8.03. The van der Waals surface area contributed by atoms with Crippen LogP contribution in [0.5, 0.6) is 0 Å². The van der Waals surface area contributed by atoms with Crippen molar-refractivity contribution in [3.05, 3.63) is 112 Å². The fraction of sp³-hybridized carbons (Fsp3) is 0.148. The number of hydrogen-bond donors (Lipinski definition) is 2. The minimum absolute atomic E-state index is 0.0716. The Morgan fingerprint density at radius 2 is 1.83 bits per heavy atom. The van der Waals surface area contributed by atoms with E-state index in [2.05, 4.69) is 16.7 Å². The van der Waals surface area contributed by atoms with E-state index in [0.717, 1.165) is 5.56 Å². The maximum Gasteiger partial charge on any atom is 0.254 e. The first-order chi connectivity index (χ1) is 16.9. The normalized spacial score (nSPS) is 15.4. The molecule has 1 atom stereocenters. The molecule has 2 aromatic carbocycles. The highest BCUT2D eigenvalue weighted by atomic mass is 32.2. The van der Waals surface area contributed by atoms with E-state index >= 15 is 0 Å². The molecule has 1 aromatic heterocycles. The number of aryl methyl sites for hydroxylation is 1. The summed E-state index contributed by atoms with van der Waals surface area (Å²) in [5.41, 5.74) is 3.17. The van der Waals surface area contributed by atoms with E-state index in [0.29, 0.717) is 33.3 Å². The van der Waals surface area contributed by atoms with E-state index in [-0.39, 0.29) is 17.1 Å².